The van der Waals surface area contributed by atoms with Crippen molar-refractivity contribution >= 4 is 5.97 Å². The van der Waals surface area contributed by atoms with E-state index in [4.69, 9.17) is 5.11 Å². The first-order valence-electron chi connectivity index (χ1n) is 5.06. The molecule has 0 saturated heterocycles. The van der Waals surface area contributed by atoms with Gasteiger partial charge in [-0.05, 0) is 12.8 Å². The van der Waals surface area contributed by atoms with Crippen LogP contribution < -0.4 is 0 Å². The average molecular weight is 188 g/mol. The highest BCUT2D eigenvalue weighted by Crippen LogP contribution is 2.09. The van der Waals surface area contributed by atoms with Crippen molar-refractivity contribution in [3.63, 3.8) is 0 Å². The highest BCUT2D eigenvalue weighted by Gasteiger charge is 2.06. The van der Waals surface area contributed by atoms with Crippen LogP contribution in [-0.4, -0.2) is 22.3 Å². The first-order valence-corrected chi connectivity index (χ1v) is 5.06. The monoisotopic (exact) mass is 188 g/mol. The topological polar surface area (TPSA) is 57.5 Å². The quantitative estimate of drug-likeness (QED) is 0.574. The van der Waals surface area contributed by atoms with Gasteiger partial charge in [0.15, 0.2) is 0 Å². The van der Waals surface area contributed by atoms with Crippen molar-refractivity contribution < 1.29 is 15.0 Å². The molecule has 0 bridgehead atoms. The van der Waals surface area contributed by atoms with Gasteiger partial charge in [-0.15, -0.1) is 0 Å². The van der Waals surface area contributed by atoms with Gasteiger partial charge in [0.25, 0.3) is 0 Å². The lowest BCUT2D eigenvalue weighted by molar-refractivity contribution is -0.137. The second-order valence-electron chi connectivity index (χ2n) is 3.44. The zero-order valence-corrected chi connectivity index (χ0v) is 8.33. The Balaban J connectivity index is 3.19. The van der Waals surface area contributed by atoms with E-state index in [0.717, 1.165) is 19.3 Å². The third-order valence-electron chi connectivity index (χ3n) is 2.08. The molecule has 0 aromatic carbocycles. The Kier molecular flexibility index (Phi) is 7.69. The number of carboxylic acids is 1. The number of hydrogen-bond acceptors (Lipinski definition) is 2. The Morgan fingerprint density at radius 2 is 1.92 bits per heavy atom. The van der Waals surface area contributed by atoms with E-state index in [9.17, 15) is 9.90 Å². The fraction of sp³-hybridized carbons (Fsp3) is 0.900. The van der Waals surface area contributed by atoms with Crippen LogP contribution in [0, 0.1) is 0 Å². The van der Waals surface area contributed by atoms with Crippen molar-refractivity contribution in [2.45, 2.75) is 58.0 Å². The van der Waals surface area contributed by atoms with Crippen LogP contribution in [0.4, 0.5) is 0 Å². The Labute approximate surface area is 79.8 Å². The molecule has 0 spiro atoms. The number of carbonyl (C=O) groups is 1. The van der Waals surface area contributed by atoms with Gasteiger partial charge >= 0.3 is 5.97 Å². The summed E-state index contributed by atoms with van der Waals surface area (Å²) in [5, 5.41) is 17.7. The zero-order valence-electron chi connectivity index (χ0n) is 8.33. The predicted molar refractivity (Wildman–Crippen MR) is 51.6 cm³/mol. The Hall–Kier alpha value is -0.570. The van der Waals surface area contributed by atoms with Crippen molar-refractivity contribution in [1.82, 2.24) is 0 Å². The highest BCUT2D eigenvalue weighted by molar-refractivity contribution is 5.66. The number of aliphatic carboxylic acids is 1. The summed E-state index contributed by atoms with van der Waals surface area (Å²) >= 11 is 0. The minimum absolute atomic E-state index is 0.0783. The van der Waals surface area contributed by atoms with Crippen LogP contribution in [0.1, 0.15) is 51.9 Å². The van der Waals surface area contributed by atoms with Crippen molar-refractivity contribution in [1.29, 1.82) is 0 Å². The molecule has 0 rings (SSSR count). The molecule has 0 aliphatic rings. The average Bonchev–Trinajstić information content (AvgIpc) is 2.09. The number of unbranched alkanes of at least 4 members (excludes halogenated alkanes) is 3. The molecule has 78 valence electrons. The molecular weight excluding hydrogens is 168 g/mol. The Morgan fingerprint density at radius 1 is 1.23 bits per heavy atom. The molecule has 0 unspecified atom stereocenters. The van der Waals surface area contributed by atoms with E-state index < -0.39 is 12.1 Å². The van der Waals surface area contributed by atoms with Gasteiger partial charge in [0.05, 0.1) is 6.10 Å². The van der Waals surface area contributed by atoms with Gasteiger partial charge in [0.2, 0.25) is 0 Å². The van der Waals surface area contributed by atoms with Crippen LogP contribution >= 0.6 is 0 Å². The molecule has 0 aromatic rings. The van der Waals surface area contributed by atoms with E-state index in [-0.39, 0.29) is 6.42 Å². The summed E-state index contributed by atoms with van der Waals surface area (Å²) in [5.74, 6) is -0.826. The van der Waals surface area contributed by atoms with Gasteiger partial charge in [0, 0.05) is 6.42 Å². The third kappa shape index (κ3) is 9.34. The minimum atomic E-state index is -0.826. The van der Waals surface area contributed by atoms with Crippen molar-refractivity contribution in [2.75, 3.05) is 0 Å². The van der Waals surface area contributed by atoms with Crippen molar-refractivity contribution in [3.05, 3.63) is 0 Å². The van der Waals surface area contributed by atoms with Crippen LogP contribution in [0.25, 0.3) is 0 Å². The Morgan fingerprint density at radius 3 is 2.46 bits per heavy atom. The second-order valence-corrected chi connectivity index (χ2v) is 3.44. The van der Waals surface area contributed by atoms with Crippen molar-refractivity contribution in [3.8, 4) is 0 Å². The predicted octanol–water partition coefficient (Wildman–Crippen LogP) is 2.18. The van der Waals surface area contributed by atoms with E-state index in [1.165, 1.54) is 12.8 Å². The minimum Gasteiger partial charge on any atom is -0.481 e. The molecule has 2 N–H and O–H groups in total. The molecule has 0 radical (unpaired) electrons. The maximum atomic E-state index is 10.2. The summed E-state index contributed by atoms with van der Waals surface area (Å²) in [4.78, 5) is 10.2. The van der Waals surface area contributed by atoms with Gasteiger partial charge < -0.3 is 10.2 Å². The standard InChI is InChI=1S/C10H20O3/c1-2-3-4-5-6-9(11)7-8-10(12)13/h9,11H,2-8H2,1H3,(H,12,13)/t9-/m1/s1. The molecule has 0 heterocycles. The summed E-state index contributed by atoms with van der Waals surface area (Å²) < 4.78 is 0. The molecule has 1 atom stereocenters. The molecule has 3 heteroatoms. The number of aliphatic hydroxyl groups is 1. The fourth-order valence-corrected chi connectivity index (χ4v) is 1.24. The normalized spacial score (nSPS) is 12.8. The number of rotatable bonds is 8. The van der Waals surface area contributed by atoms with Crippen LogP contribution in [0.3, 0.4) is 0 Å². The maximum Gasteiger partial charge on any atom is 0.303 e. The molecule has 13 heavy (non-hydrogen) atoms. The van der Waals surface area contributed by atoms with E-state index in [2.05, 4.69) is 6.92 Å². The smallest absolute Gasteiger partial charge is 0.303 e. The number of aliphatic hydroxyl groups excluding tert-OH is 1. The van der Waals surface area contributed by atoms with E-state index in [1.54, 1.807) is 0 Å². The molecule has 0 amide bonds. The number of hydrogen-bond donors (Lipinski definition) is 2. The van der Waals surface area contributed by atoms with Crippen molar-refractivity contribution in [2.24, 2.45) is 0 Å². The molecule has 0 aliphatic carbocycles. The second kappa shape index (κ2) is 8.05. The zero-order chi connectivity index (χ0) is 10.1. The van der Waals surface area contributed by atoms with Gasteiger partial charge in [-0.2, -0.15) is 0 Å². The lowest BCUT2D eigenvalue weighted by atomic mass is 10.1. The molecule has 0 saturated carbocycles. The molecule has 0 aromatic heterocycles. The highest BCUT2D eigenvalue weighted by atomic mass is 16.4. The summed E-state index contributed by atoms with van der Waals surface area (Å²) in [6, 6.07) is 0. The summed E-state index contributed by atoms with van der Waals surface area (Å²) in [6.07, 6.45) is 5.32. The lowest BCUT2D eigenvalue weighted by Gasteiger charge is -2.07. The van der Waals surface area contributed by atoms with Gasteiger partial charge in [-0.1, -0.05) is 32.6 Å². The lowest BCUT2D eigenvalue weighted by Crippen LogP contribution is -2.09. The third-order valence-corrected chi connectivity index (χ3v) is 2.08. The first kappa shape index (κ1) is 12.4. The molecule has 0 fully saturated rings. The first-order chi connectivity index (χ1) is 6.16. The molecular formula is C10H20O3. The summed E-state index contributed by atoms with van der Waals surface area (Å²) in [7, 11) is 0. The Bertz CT molecular complexity index is 134. The maximum absolute atomic E-state index is 10.2. The summed E-state index contributed by atoms with van der Waals surface area (Å²) in [5.41, 5.74) is 0. The summed E-state index contributed by atoms with van der Waals surface area (Å²) in [6.45, 7) is 2.14. The van der Waals surface area contributed by atoms with E-state index in [0.29, 0.717) is 6.42 Å². The van der Waals surface area contributed by atoms with Gasteiger partial charge in [-0.3, -0.25) is 4.79 Å². The van der Waals surface area contributed by atoms with E-state index in [1.807, 2.05) is 0 Å². The molecule has 3 nitrogen and oxygen atoms in total. The van der Waals surface area contributed by atoms with Crippen LogP contribution in [0.2, 0.25) is 0 Å². The molecule has 0 aliphatic heterocycles. The van der Waals surface area contributed by atoms with Crippen LogP contribution in [0.15, 0.2) is 0 Å². The van der Waals surface area contributed by atoms with Crippen LogP contribution in [0.5, 0.6) is 0 Å². The number of carboxylic acid groups (broad SMARTS) is 1. The fourth-order valence-electron chi connectivity index (χ4n) is 1.24. The van der Waals surface area contributed by atoms with E-state index >= 15 is 0 Å². The van der Waals surface area contributed by atoms with Crippen LogP contribution in [-0.2, 0) is 4.79 Å². The largest absolute Gasteiger partial charge is 0.481 e. The van der Waals surface area contributed by atoms with Gasteiger partial charge in [0.1, 0.15) is 0 Å². The van der Waals surface area contributed by atoms with Gasteiger partial charge in [-0.25, -0.2) is 0 Å². The SMILES string of the molecule is CCCCCC[C@@H](O)CCC(=O)O.